The zero-order valence-electron chi connectivity index (χ0n) is 11.4. The van der Waals surface area contributed by atoms with Gasteiger partial charge in [-0.1, -0.05) is 23.7 Å². The van der Waals surface area contributed by atoms with Crippen molar-refractivity contribution in [3.63, 3.8) is 0 Å². The number of carbonyl (C=O) groups is 2. The van der Waals surface area contributed by atoms with E-state index in [0.717, 1.165) is 5.56 Å². The van der Waals surface area contributed by atoms with Crippen LogP contribution in [-0.4, -0.2) is 19.3 Å². The highest BCUT2D eigenvalue weighted by Crippen LogP contribution is 2.22. The highest BCUT2D eigenvalue weighted by atomic mass is 35.5. The van der Waals surface area contributed by atoms with Gasteiger partial charge < -0.3 is 10.1 Å². The predicted molar refractivity (Wildman–Crippen MR) is 82.2 cm³/mol. The molecule has 0 fully saturated rings. The van der Waals surface area contributed by atoms with Crippen molar-refractivity contribution < 1.29 is 14.3 Å². The number of halogens is 1. The number of hydrogen-bond acceptors (Lipinski definition) is 3. The number of rotatable bonds is 5. The lowest BCUT2D eigenvalue weighted by Gasteiger charge is -2.09. The summed E-state index contributed by atoms with van der Waals surface area (Å²) in [5.41, 5.74) is 1.89. The fraction of sp³-hybridized carbons (Fsp3) is 0.125. The second-order valence-corrected chi connectivity index (χ2v) is 4.86. The van der Waals surface area contributed by atoms with Crippen molar-refractivity contribution in [2.45, 2.75) is 6.42 Å². The summed E-state index contributed by atoms with van der Waals surface area (Å²) in [6.45, 7) is 0. The summed E-state index contributed by atoms with van der Waals surface area (Å²) in [4.78, 5) is 22.8. The third-order valence-corrected chi connectivity index (χ3v) is 3.17. The lowest BCUT2D eigenvalue weighted by Crippen LogP contribution is -2.14. The molecule has 5 heteroatoms. The summed E-state index contributed by atoms with van der Waals surface area (Å²) >= 11 is 5.80. The summed E-state index contributed by atoms with van der Waals surface area (Å²) in [6, 6.07) is 12.0. The summed E-state index contributed by atoms with van der Waals surface area (Å²) in [5, 5.41) is 3.40. The molecule has 2 aromatic rings. The van der Waals surface area contributed by atoms with Crippen LogP contribution >= 0.6 is 11.6 Å². The maximum absolute atomic E-state index is 12.0. The molecule has 0 radical (unpaired) electrons. The van der Waals surface area contributed by atoms with Crippen LogP contribution in [0.4, 0.5) is 5.69 Å². The maximum atomic E-state index is 12.0. The fourth-order valence-electron chi connectivity index (χ4n) is 1.88. The van der Waals surface area contributed by atoms with Crippen molar-refractivity contribution in [1.82, 2.24) is 0 Å². The van der Waals surface area contributed by atoms with Crippen LogP contribution in [0.2, 0.25) is 5.02 Å². The fourth-order valence-corrected chi connectivity index (χ4v) is 2.01. The first-order valence-electron chi connectivity index (χ1n) is 6.30. The maximum Gasteiger partial charge on any atom is 0.228 e. The molecule has 4 nitrogen and oxygen atoms in total. The number of methoxy groups -OCH3 is 1. The summed E-state index contributed by atoms with van der Waals surface area (Å²) in [6.07, 6.45) is 0.951. The minimum atomic E-state index is -0.154. The van der Waals surface area contributed by atoms with E-state index in [1.54, 1.807) is 42.5 Å². The third-order valence-electron chi connectivity index (χ3n) is 2.92. The van der Waals surface area contributed by atoms with Gasteiger partial charge in [0.15, 0.2) is 6.29 Å². The van der Waals surface area contributed by atoms with Crippen LogP contribution in [0.25, 0.3) is 0 Å². The highest BCUT2D eigenvalue weighted by Gasteiger charge is 2.07. The van der Waals surface area contributed by atoms with Crippen LogP contribution in [0.15, 0.2) is 42.5 Å². The molecule has 0 aromatic heterocycles. The summed E-state index contributed by atoms with van der Waals surface area (Å²) < 4.78 is 5.09. The van der Waals surface area contributed by atoms with Crippen LogP contribution in [0.3, 0.4) is 0 Å². The van der Waals surface area contributed by atoms with Crippen LogP contribution in [0.5, 0.6) is 5.75 Å². The predicted octanol–water partition coefficient (Wildman–Crippen LogP) is 3.34. The van der Waals surface area contributed by atoms with Gasteiger partial charge >= 0.3 is 0 Å². The number of aldehydes is 1. The zero-order chi connectivity index (χ0) is 15.2. The van der Waals surface area contributed by atoms with Crippen molar-refractivity contribution in [3.05, 3.63) is 58.6 Å². The lowest BCUT2D eigenvalue weighted by molar-refractivity contribution is -0.115. The number of nitrogens with one attached hydrogen (secondary N) is 1. The van der Waals surface area contributed by atoms with E-state index in [2.05, 4.69) is 5.32 Å². The van der Waals surface area contributed by atoms with Gasteiger partial charge in [0.2, 0.25) is 5.91 Å². The minimum Gasteiger partial charge on any atom is -0.496 e. The number of hydrogen-bond donors (Lipinski definition) is 1. The standard InChI is InChI=1S/C16H14ClNO3/c1-21-15-9-14(7-4-12(15)10-19)18-16(20)8-11-2-5-13(17)6-3-11/h2-7,9-10H,8H2,1H3,(H,18,20). The van der Waals surface area contributed by atoms with E-state index >= 15 is 0 Å². The van der Waals surface area contributed by atoms with Gasteiger partial charge in [-0.2, -0.15) is 0 Å². The second kappa shape index (κ2) is 6.90. The smallest absolute Gasteiger partial charge is 0.228 e. The SMILES string of the molecule is COc1cc(NC(=O)Cc2ccc(Cl)cc2)ccc1C=O. The number of ether oxygens (including phenoxy) is 1. The van der Waals surface area contributed by atoms with Crippen molar-refractivity contribution in [2.75, 3.05) is 12.4 Å². The highest BCUT2D eigenvalue weighted by molar-refractivity contribution is 6.30. The van der Waals surface area contributed by atoms with Gasteiger partial charge in [0.05, 0.1) is 19.1 Å². The van der Waals surface area contributed by atoms with Gasteiger partial charge in [-0.25, -0.2) is 0 Å². The minimum absolute atomic E-state index is 0.154. The monoisotopic (exact) mass is 303 g/mol. The molecule has 0 spiro atoms. The second-order valence-electron chi connectivity index (χ2n) is 4.43. The normalized spacial score (nSPS) is 10.0. The number of carbonyl (C=O) groups excluding carboxylic acids is 2. The van der Waals surface area contributed by atoms with E-state index < -0.39 is 0 Å². The number of benzene rings is 2. The van der Waals surface area contributed by atoms with Crippen LogP contribution in [-0.2, 0) is 11.2 Å². The molecule has 0 aliphatic rings. The Bertz CT molecular complexity index is 653. The van der Waals surface area contributed by atoms with E-state index in [1.165, 1.54) is 7.11 Å². The van der Waals surface area contributed by atoms with Gasteiger partial charge in [-0.15, -0.1) is 0 Å². The first-order chi connectivity index (χ1) is 10.1. The molecule has 0 saturated heterocycles. The van der Waals surface area contributed by atoms with Gasteiger partial charge in [-0.3, -0.25) is 9.59 Å². The molecule has 2 aromatic carbocycles. The topological polar surface area (TPSA) is 55.4 Å². The van der Waals surface area contributed by atoms with E-state index in [1.807, 2.05) is 0 Å². The molecule has 1 amide bonds. The molecule has 21 heavy (non-hydrogen) atoms. The number of amides is 1. The van der Waals surface area contributed by atoms with E-state index in [0.29, 0.717) is 28.3 Å². The van der Waals surface area contributed by atoms with Crippen LogP contribution < -0.4 is 10.1 Å². The lowest BCUT2D eigenvalue weighted by atomic mass is 10.1. The summed E-state index contributed by atoms with van der Waals surface area (Å²) in [7, 11) is 1.47. The molecule has 1 N–H and O–H groups in total. The Kier molecular flexibility index (Phi) is 4.95. The first kappa shape index (κ1) is 15.1. The Morgan fingerprint density at radius 2 is 1.95 bits per heavy atom. The van der Waals surface area contributed by atoms with Crippen molar-refractivity contribution in [2.24, 2.45) is 0 Å². The molecule has 0 atom stereocenters. The molecule has 0 saturated carbocycles. The van der Waals surface area contributed by atoms with E-state index in [4.69, 9.17) is 16.3 Å². The van der Waals surface area contributed by atoms with Gasteiger partial charge in [0.25, 0.3) is 0 Å². The molecule has 0 aliphatic carbocycles. The van der Waals surface area contributed by atoms with Crippen molar-refractivity contribution in [1.29, 1.82) is 0 Å². The Labute approximate surface area is 127 Å². The first-order valence-corrected chi connectivity index (χ1v) is 6.67. The largest absolute Gasteiger partial charge is 0.496 e. The quantitative estimate of drug-likeness (QED) is 0.862. The Hall–Kier alpha value is -2.33. The molecule has 0 heterocycles. The van der Waals surface area contributed by atoms with Gasteiger partial charge in [0, 0.05) is 16.8 Å². The zero-order valence-corrected chi connectivity index (χ0v) is 12.2. The van der Waals surface area contributed by atoms with Gasteiger partial charge in [0.1, 0.15) is 5.75 Å². The third kappa shape index (κ3) is 4.07. The van der Waals surface area contributed by atoms with Crippen LogP contribution in [0.1, 0.15) is 15.9 Å². The summed E-state index contributed by atoms with van der Waals surface area (Å²) in [5.74, 6) is 0.271. The average molecular weight is 304 g/mol. The van der Waals surface area contributed by atoms with E-state index in [9.17, 15) is 9.59 Å². The molecule has 108 valence electrons. The number of anilines is 1. The van der Waals surface area contributed by atoms with Crippen molar-refractivity contribution in [3.8, 4) is 5.75 Å². The Balaban J connectivity index is 2.05. The van der Waals surface area contributed by atoms with E-state index in [-0.39, 0.29) is 12.3 Å². The molecule has 0 bridgehead atoms. The molecule has 0 unspecified atom stereocenters. The van der Waals surface area contributed by atoms with Crippen molar-refractivity contribution >= 4 is 29.5 Å². The molecular formula is C16H14ClNO3. The Morgan fingerprint density at radius 1 is 1.24 bits per heavy atom. The average Bonchev–Trinajstić information content (AvgIpc) is 2.49. The Morgan fingerprint density at radius 3 is 2.57 bits per heavy atom. The van der Waals surface area contributed by atoms with Gasteiger partial charge in [-0.05, 0) is 29.8 Å². The molecular weight excluding hydrogens is 290 g/mol. The molecule has 2 rings (SSSR count). The van der Waals surface area contributed by atoms with Crippen LogP contribution in [0, 0.1) is 0 Å². The molecule has 0 aliphatic heterocycles.